The molecule has 0 radical (unpaired) electrons. The molecule has 2 atom stereocenters. The van der Waals surface area contributed by atoms with Gasteiger partial charge in [-0.1, -0.05) is 13.3 Å². The van der Waals surface area contributed by atoms with Crippen LogP contribution in [0.4, 0.5) is 5.82 Å². The van der Waals surface area contributed by atoms with E-state index in [1.54, 1.807) is 13.2 Å². The van der Waals surface area contributed by atoms with E-state index in [4.69, 9.17) is 0 Å². The third kappa shape index (κ3) is 3.67. The standard InChI is InChI=1S/C14H20BrN3OS/c1-3-20-12-6-4-5-11(12)18-14(19)10-7-9(15)8-17-13(10)16-2/h7-8,11-12H,3-6H2,1-2H3,(H,16,17)(H,18,19). The van der Waals surface area contributed by atoms with Crippen LogP contribution < -0.4 is 10.6 Å². The van der Waals surface area contributed by atoms with Crippen molar-refractivity contribution >= 4 is 39.4 Å². The van der Waals surface area contributed by atoms with Gasteiger partial charge in [0.15, 0.2) is 0 Å². The number of thioether (sulfide) groups is 1. The highest BCUT2D eigenvalue weighted by atomic mass is 79.9. The van der Waals surface area contributed by atoms with Crippen molar-refractivity contribution in [2.75, 3.05) is 18.1 Å². The number of nitrogens with one attached hydrogen (secondary N) is 2. The number of amides is 1. The minimum absolute atomic E-state index is 0.0447. The van der Waals surface area contributed by atoms with Crippen LogP contribution in [-0.2, 0) is 0 Å². The molecule has 2 unspecified atom stereocenters. The molecular weight excluding hydrogens is 338 g/mol. The van der Waals surface area contributed by atoms with E-state index < -0.39 is 0 Å². The van der Waals surface area contributed by atoms with E-state index in [-0.39, 0.29) is 11.9 Å². The average molecular weight is 358 g/mol. The van der Waals surface area contributed by atoms with E-state index in [0.29, 0.717) is 16.6 Å². The Morgan fingerprint density at radius 3 is 3.05 bits per heavy atom. The highest BCUT2D eigenvalue weighted by Gasteiger charge is 2.29. The zero-order chi connectivity index (χ0) is 14.5. The lowest BCUT2D eigenvalue weighted by Gasteiger charge is -2.20. The fourth-order valence-corrected chi connectivity index (χ4v) is 4.09. The molecule has 20 heavy (non-hydrogen) atoms. The van der Waals surface area contributed by atoms with Crippen molar-refractivity contribution in [1.82, 2.24) is 10.3 Å². The first-order chi connectivity index (χ1) is 9.65. The molecule has 4 nitrogen and oxygen atoms in total. The first-order valence-corrected chi connectivity index (χ1v) is 8.75. The SMILES string of the molecule is CCSC1CCCC1NC(=O)c1cc(Br)cnc1NC. The van der Waals surface area contributed by atoms with Crippen LogP contribution in [0.5, 0.6) is 0 Å². The number of hydrogen-bond acceptors (Lipinski definition) is 4. The van der Waals surface area contributed by atoms with E-state index in [1.807, 2.05) is 17.8 Å². The minimum Gasteiger partial charge on any atom is -0.372 e. The average Bonchev–Trinajstić information content (AvgIpc) is 2.86. The van der Waals surface area contributed by atoms with Gasteiger partial charge >= 0.3 is 0 Å². The lowest BCUT2D eigenvalue weighted by molar-refractivity contribution is 0.0939. The molecule has 0 spiro atoms. The molecule has 1 saturated carbocycles. The van der Waals surface area contributed by atoms with Crippen LogP contribution in [0.2, 0.25) is 0 Å². The van der Waals surface area contributed by atoms with Crippen LogP contribution in [0, 0.1) is 0 Å². The molecule has 1 aromatic rings. The summed E-state index contributed by atoms with van der Waals surface area (Å²) in [6.07, 6.45) is 5.14. The number of aromatic nitrogens is 1. The highest BCUT2D eigenvalue weighted by molar-refractivity contribution is 9.10. The van der Waals surface area contributed by atoms with Crippen molar-refractivity contribution < 1.29 is 4.79 Å². The second-order valence-electron chi connectivity index (χ2n) is 4.80. The van der Waals surface area contributed by atoms with Gasteiger partial charge in [0, 0.05) is 29.0 Å². The van der Waals surface area contributed by atoms with E-state index in [9.17, 15) is 4.79 Å². The maximum Gasteiger partial charge on any atom is 0.255 e. The Hall–Kier alpha value is -0.750. The van der Waals surface area contributed by atoms with Crippen molar-refractivity contribution in [2.24, 2.45) is 0 Å². The van der Waals surface area contributed by atoms with Gasteiger partial charge < -0.3 is 10.6 Å². The normalized spacial score (nSPS) is 21.8. The maximum absolute atomic E-state index is 12.5. The predicted molar refractivity (Wildman–Crippen MR) is 88.5 cm³/mol. The van der Waals surface area contributed by atoms with Gasteiger partial charge in [-0.15, -0.1) is 0 Å². The Bertz CT molecular complexity index is 483. The largest absolute Gasteiger partial charge is 0.372 e. The quantitative estimate of drug-likeness (QED) is 0.848. The Balaban J connectivity index is 2.10. The molecule has 2 N–H and O–H groups in total. The molecule has 0 aliphatic heterocycles. The number of carbonyl (C=O) groups is 1. The predicted octanol–water partition coefficient (Wildman–Crippen LogP) is 3.29. The second kappa shape index (κ2) is 7.31. The van der Waals surface area contributed by atoms with Crippen molar-refractivity contribution in [2.45, 2.75) is 37.5 Å². The van der Waals surface area contributed by atoms with Crippen LogP contribution in [0.25, 0.3) is 0 Å². The molecule has 1 amide bonds. The number of halogens is 1. The zero-order valence-electron chi connectivity index (χ0n) is 11.8. The van der Waals surface area contributed by atoms with Gasteiger partial charge in [-0.3, -0.25) is 4.79 Å². The van der Waals surface area contributed by atoms with Gasteiger partial charge in [-0.05, 0) is 40.6 Å². The molecule has 0 saturated heterocycles. The Kier molecular flexibility index (Phi) is 5.72. The molecule has 1 aliphatic rings. The fourth-order valence-electron chi connectivity index (χ4n) is 2.56. The van der Waals surface area contributed by atoms with Crippen molar-refractivity contribution in [3.8, 4) is 0 Å². The van der Waals surface area contributed by atoms with Crippen LogP contribution in [0.3, 0.4) is 0 Å². The Morgan fingerprint density at radius 2 is 2.35 bits per heavy atom. The van der Waals surface area contributed by atoms with Gasteiger partial charge in [-0.25, -0.2) is 4.98 Å². The summed E-state index contributed by atoms with van der Waals surface area (Å²) in [6, 6.07) is 2.08. The monoisotopic (exact) mass is 357 g/mol. The summed E-state index contributed by atoms with van der Waals surface area (Å²) >= 11 is 5.31. The Morgan fingerprint density at radius 1 is 1.55 bits per heavy atom. The molecule has 0 bridgehead atoms. The topological polar surface area (TPSA) is 54.0 Å². The van der Waals surface area contributed by atoms with Gasteiger partial charge in [-0.2, -0.15) is 11.8 Å². The van der Waals surface area contributed by atoms with Crippen molar-refractivity contribution in [1.29, 1.82) is 0 Å². The van der Waals surface area contributed by atoms with Crippen molar-refractivity contribution in [3.63, 3.8) is 0 Å². The highest BCUT2D eigenvalue weighted by Crippen LogP contribution is 2.30. The van der Waals surface area contributed by atoms with Crippen LogP contribution in [0.1, 0.15) is 36.5 Å². The fraction of sp³-hybridized carbons (Fsp3) is 0.571. The molecule has 0 aromatic carbocycles. The lowest BCUT2D eigenvalue weighted by atomic mass is 10.2. The number of pyridine rings is 1. The summed E-state index contributed by atoms with van der Waals surface area (Å²) in [4.78, 5) is 16.7. The zero-order valence-corrected chi connectivity index (χ0v) is 14.2. The summed E-state index contributed by atoms with van der Waals surface area (Å²) in [5, 5.41) is 6.68. The number of hydrogen-bond donors (Lipinski definition) is 2. The van der Waals surface area contributed by atoms with Gasteiger partial charge in [0.05, 0.1) is 5.56 Å². The summed E-state index contributed by atoms with van der Waals surface area (Å²) in [5.74, 6) is 1.66. The van der Waals surface area contributed by atoms with Crippen molar-refractivity contribution in [3.05, 3.63) is 22.3 Å². The molecule has 110 valence electrons. The van der Waals surface area contributed by atoms with Gasteiger partial charge in [0.25, 0.3) is 5.91 Å². The van der Waals surface area contributed by atoms with Gasteiger partial charge in [0.1, 0.15) is 5.82 Å². The van der Waals surface area contributed by atoms with E-state index in [0.717, 1.165) is 16.6 Å². The second-order valence-corrected chi connectivity index (χ2v) is 7.24. The number of rotatable bonds is 5. The van der Waals surface area contributed by atoms with Crippen LogP contribution in [-0.4, -0.2) is 35.0 Å². The Labute approximate surface area is 132 Å². The lowest BCUT2D eigenvalue weighted by Crippen LogP contribution is -2.39. The third-order valence-electron chi connectivity index (χ3n) is 3.49. The van der Waals surface area contributed by atoms with Gasteiger partial charge in [0.2, 0.25) is 0 Å². The van der Waals surface area contributed by atoms with E-state index >= 15 is 0 Å². The molecule has 2 rings (SSSR count). The van der Waals surface area contributed by atoms with E-state index in [1.165, 1.54) is 12.8 Å². The summed E-state index contributed by atoms with van der Waals surface area (Å²) in [5.41, 5.74) is 0.592. The molecular formula is C14H20BrN3OS. The molecule has 6 heteroatoms. The minimum atomic E-state index is -0.0447. The summed E-state index contributed by atoms with van der Waals surface area (Å²) in [6.45, 7) is 2.17. The summed E-state index contributed by atoms with van der Waals surface area (Å²) in [7, 11) is 1.78. The van der Waals surface area contributed by atoms with E-state index in [2.05, 4.69) is 38.5 Å². The number of carbonyl (C=O) groups excluding carboxylic acids is 1. The molecule has 1 aliphatic carbocycles. The molecule has 1 fully saturated rings. The van der Waals surface area contributed by atoms with Crippen LogP contribution in [0.15, 0.2) is 16.7 Å². The molecule has 1 aromatic heterocycles. The smallest absolute Gasteiger partial charge is 0.255 e. The third-order valence-corrected chi connectivity index (χ3v) is 5.24. The maximum atomic E-state index is 12.5. The van der Waals surface area contributed by atoms with Crippen LogP contribution >= 0.6 is 27.7 Å². The first kappa shape index (κ1) is 15.6. The number of nitrogens with zero attached hydrogens (tertiary/aromatic N) is 1. The molecule has 1 heterocycles. The summed E-state index contributed by atoms with van der Waals surface area (Å²) < 4.78 is 0.813. The first-order valence-electron chi connectivity index (χ1n) is 6.91. The number of anilines is 1.